The number of nitrogens with zero attached hydrogens (tertiary/aromatic N) is 1. The normalized spacial score (nSPS) is 20.5. The lowest BCUT2D eigenvalue weighted by Crippen LogP contribution is -2.45. The number of para-hydroxylation sites is 1. The molecule has 1 aliphatic carbocycles. The summed E-state index contributed by atoms with van der Waals surface area (Å²) in [6, 6.07) is 7.78. The third kappa shape index (κ3) is 2.81. The van der Waals surface area contributed by atoms with E-state index in [1.54, 1.807) is 4.90 Å². The van der Waals surface area contributed by atoms with Crippen molar-refractivity contribution in [3.63, 3.8) is 0 Å². The van der Waals surface area contributed by atoms with Crippen molar-refractivity contribution in [3.8, 4) is 0 Å². The molecule has 2 amide bonds. The standard InChI is InChI=1S/C19H26N2O3/c1-18(2)14-6-3-4-7-15(14)21(17(18)24)11-8-16(23)20-12-19(13-22)9-5-10-19/h3-4,6-7,22H,5,8-13H2,1-2H3,(H,20,23). The van der Waals surface area contributed by atoms with E-state index in [-0.39, 0.29) is 30.3 Å². The molecule has 0 aromatic heterocycles. The van der Waals surface area contributed by atoms with E-state index in [4.69, 9.17) is 0 Å². The van der Waals surface area contributed by atoms with Crippen LogP contribution in [0.25, 0.3) is 0 Å². The fourth-order valence-electron chi connectivity index (χ4n) is 3.68. The predicted molar refractivity (Wildman–Crippen MR) is 92.8 cm³/mol. The number of fused-ring (bicyclic) bond motifs is 1. The van der Waals surface area contributed by atoms with Crippen LogP contribution in [0.5, 0.6) is 0 Å². The van der Waals surface area contributed by atoms with Gasteiger partial charge in [-0.05, 0) is 38.3 Å². The van der Waals surface area contributed by atoms with E-state index in [0.29, 0.717) is 13.1 Å². The van der Waals surface area contributed by atoms with Crippen molar-refractivity contribution in [2.75, 3.05) is 24.6 Å². The SMILES string of the molecule is CC1(C)C(=O)N(CCC(=O)NCC2(CO)CCC2)c2ccccc21. The number of hydrogen-bond donors (Lipinski definition) is 2. The van der Waals surface area contributed by atoms with Crippen LogP contribution in [-0.2, 0) is 15.0 Å². The first kappa shape index (κ1) is 17.0. The van der Waals surface area contributed by atoms with Crippen LogP contribution in [0.15, 0.2) is 24.3 Å². The molecule has 2 N–H and O–H groups in total. The van der Waals surface area contributed by atoms with Crippen LogP contribution in [0, 0.1) is 5.41 Å². The first-order chi connectivity index (χ1) is 11.4. The van der Waals surface area contributed by atoms with Gasteiger partial charge in [-0.2, -0.15) is 0 Å². The number of carbonyl (C=O) groups is 2. The van der Waals surface area contributed by atoms with Gasteiger partial charge < -0.3 is 15.3 Å². The monoisotopic (exact) mass is 330 g/mol. The average molecular weight is 330 g/mol. The molecule has 1 fully saturated rings. The van der Waals surface area contributed by atoms with Gasteiger partial charge in [0, 0.05) is 30.6 Å². The molecule has 1 aromatic rings. The maximum absolute atomic E-state index is 12.7. The Morgan fingerprint density at radius 3 is 2.62 bits per heavy atom. The van der Waals surface area contributed by atoms with E-state index in [0.717, 1.165) is 30.5 Å². The molecule has 0 bridgehead atoms. The van der Waals surface area contributed by atoms with Crippen LogP contribution in [0.4, 0.5) is 5.69 Å². The van der Waals surface area contributed by atoms with E-state index >= 15 is 0 Å². The minimum atomic E-state index is -0.542. The van der Waals surface area contributed by atoms with Crippen molar-refractivity contribution in [1.82, 2.24) is 5.32 Å². The number of carbonyl (C=O) groups excluding carboxylic acids is 2. The van der Waals surface area contributed by atoms with E-state index < -0.39 is 5.41 Å². The molecule has 24 heavy (non-hydrogen) atoms. The lowest BCUT2D eigenvalue weighted by molar-refractivity contribution is -0.123. The molecule has 5 nitrogen and oxygen atoms in total. The van der Waals surface area contributed by atoms with Gasteiger partial charge in [0.15, 0.2) is 0 Å². The van der Waals surface area contributed by atoms with Crippen LogP contribution in [0.1, 0.15) is 45.1 Å². The molecule has 2 aliphatic rings. The van der Waals surface area contributed by atoms with Gasteiger partial charge in [0.25, 0.3) is 0 Å². The third-order valence-electron chi connectivity index (χ3n) is 5.62. The number of nitrogens with one attached hydrogen (secondary N) is 1. The predicted octanol–water partition coefficient (Wildman–Crippen LogP) is 1.98. The smallest absolute Gasteiger partial charge is 0.237 e. The van der Waals surface area contributed by atoms with Crippen LogP contribution in [0.2, 0.25) is 0 Å². The molecular weight excluding hydrogens is 304 g/mol. The molecule has 1 heterocycles. The topological polar surface area (TPSA) is 69.6 Å². The first-order valence-electron chi connectivity index (χ1n) is 8.69. The van der Waals surface area contributed by atoms with Crippen molar-refractivity contribution >= 4 is 17.5 Å². The van der Waals surface area contributed by atoms with Crippen LogP contribution in [-0.4, -0.2) is 36.6 Å². The van der Waals surface area contributed by atoms with Crippen molar-refractivity contribution in [3.05, 3.63) is 29.8 Å². The highest BCUT2D eigenvalue weighted by Crippen LogP contribution is 2.41. The molecule has 0 radical (unpaired) electrons. The molecule has 0 atom stereocenters. The molecular formula is C19H26N2O3. The number of benzene rings is 1. The summed E-state index contributed by atoms with van der Waals surface area (Å²) in [5.74, 6) is -0.0213. The molecule has 5 heteroatoms. The van der Waals surface area contributed by atoms with Gasteiger partial charge in [-0.3, -0.25) is 9.59 Å². The summed E-state index contributed by atoms with van der Waals surface area (Å²) in [5.41, 5.74) is 1.27. The number of aliphatic hydroxyl groups is 1. The lowest BCUT2D eigenvalue weighted by Gasteiger charge is -2.40. The highest BCUT2D eigenvalue weighted by atomic mass is 16.3. The minimum Gasteiger partial charge on any atom is -0.396 e. The van der Waals surface area contributed by atoms with Crippen molar-refractivity contribution in [2.24, 2.45) is 5.41 Å². The fraction of sp³-hybridized carbons (Fsp3) is 0.579. The van der Waals surface area contributed by atoms with Crippen molar-refractivity contribution in [2.45, 2.75) is 44.9 Å². The van der Waals surface area contributed by atoms with Gasteiger partial charge in [0.2, 0.25) is 11.8 Å². The Labute approximate surface area is 143 Å². The molecule has 130 valence electrons. The van der Waals surface area contributed by atoms with Gasteiger partial charge in [0.1, 0.15) is 0 Å². The number of amides is 2. The Hall–Kier alpha value is -1.88. The Kier molecular flexibility index (Phi) is 4.38. The maximum atomic E-state index is 12.7. The molecule has 0 unspecified atom stereocenters. The zero-order chi connectivity index (χ0) is 17.4. The number of anilines is 1. The summed E-state index contributed by atoms with van der Waals surface area (Å²) in [6.07, 6.45) is 3.33. The lowest BCUT2D eigenvalue weighted by atomic mass is 9.69. The maximum Gasteiger partial charge on any atom is 0.237 e. The van der Waals surface area contributed by atoms with Crippen LogP contribution in [0.3, 0.4) is 0 Å². The molecule has 1 aromatic carbocycles. The van der Waals surface area contributed by atoms with Gasteiger partial charge in [-0.25, -0.2) is 0 Å². The molecule has 1 aliphatic heterocycles. The van der Waals surface area contributed by atoms with E-state index in [1.165, 1.54) is 0 Å². The fourth-order valence-corrected chi connectivity index (χ4v) is 3.68. The molecule has 3 rings (SSSR count). The summed E-state index contributed by atoms with van der Waals surface area (Å²) in [7, 11) is 0. The largest absolute Gasteiger partial charge is 0.396 e. The number of hydrogen-bond acceptors (Lipinski definition) is 3. The van der Waals surface area contributed by atoms with Crippen molar-refractivity contribution < 1.29 is 14.7 Å². The van der Waals surface area contributed by atoms with Gasteiger partial charge >= 0.3 is 0 Å². The second-order valence-corrected chi connectivity index (χ2v) is 7.64. The van der Waals surface area contributed by atoms with E-state index in [9.17, 15) is 14.7 Å². The summed E-state index contributed by atoms with van der Waals surface area (Å²) in [4.78, 5) is 26.6. The quantitative estimate of drug-likeness (QED) is 0.838. The Balaban J connectivity index is 1.59. The van der Waals surface area contributed by atoms with Crippen LogP contribution < -0.4 is 10.2 Å². The minimum absolute atomic E-state index is 0.0438. The van der Waals surface area contributed by atoms with Gasteiger partial charge in [-0.15, -0.1) is 0 Å². The van der Waals surface area contributed by atoms with Gasteiger partial charge in [-0.1, -0.05) is 24.6 Å². The van der Waals surface area contributed by atoms with Gasteiger partial charge in [0.05, 0.1) is 12.0 Å². The zero-order valence-corrected chi connectivity index (χ0v) is 14.5. The highest BCUT2D eigenvalue weighted by Gasteiger charge is 2.43. The van der Waals surface area contributed by atoms with Crippen molar-refractivity contribution in [1.29, 1.82) is 0 Å². The van der Waals surface area contributed by atoms with E-state index in [1.807, 2.05) is 38.1 Å². The third-order valence-corrected chi connectivity index (χ3v) is 5.62. The van der Waals surface area contributed by atoms with Crippen LogP contribution >= 0.6 is 0 Å². The second-order valence-electron chi connectivity index (χ2n) is 7.64. The summed E-state index contributed by atoms with van der Waals surface area (Å²) < 4.78 is 0. The Bertz CT molecular complexity index is 644. The summed E-state index contributed by atoms with van der Waals surface area (Å²) in [5, 5.41) is 12.4. The molecule has 0 saturated heterocycles. The number of rotatable bonds is 6. The molecule has 1 saturated carbocycles. The summed E-state index contributed by atoms with van der Waals surface area (Å²) in [6.45, 7) is 4.89. The highest BCUT2D eigenvalue weighted by molar-refractivity contribution is 6.07. The average Bonchev–Trinajstić information content (AvgIpc) is 2.73. The Morgan fingerprint density at radius 2 is 2.00 bits per heavy atom. The Morgan fingerprint density at radius 1 is 1.29 bits per heavy atom. The number of aliphatic hydroxyl groups excluding tert-OH is 1. The zero-order valence-electron chi connectivity index (χ0n) is 14.5. The van der Waals surface area contributed by atoms with E-state index in [2.05, 4.69) is 5.32 Å². The summed E-state index contributed by atoms with van der Waals surface area (Å²) >= 11 is 0. The molecule has 0 spiro atoms. The second kappa shape index (κ2) is 6.20. The first-order valence-corrected chi connectivity index (χ1v) is 8.69.